The molecule has 2 rings (SSSR count). The van der Waals surface area contributed by atoms with Crippen molar-refractivity contribution in [1.82, 2.24) is 4.31 Å². The smallest absolute Gasteiger partial charge is 0.264 e. The summed E-state index contributed by atoms with van der Waals surface area (Å²) in [4.78, 5) is 0.251. The minimum atomic E-state index is -3.51. The van der Waals surface area contributed by atoms with E-state index in [1.54, 1.807) is 19.2 Å². The van der Waals surface area contributed by atoms with Crippen LogP contribution in [-0.2, 0) is 29.1 Å². The second-order valence-corrected chi connectivity index (χ2v) is 11.6. The van der Waals surface area contributed by atoms with E-state index in [-0.39, 0.29) is 17.6 Å². The Bertz CT molecular complexity index is 834. The van der Waals surface area contributed by atoms with Crippen LogP contribution in [0.4, 0.5) is 0 Å². The monoisotopic (exact) mass is 467 g/mol. The Hall–Kier alpha value is -0.710. The van der Waals surface area contributed by atoms with Crippen molar-refractivity contribution < 1.29 is 25.8 Å². The fourth-order valence-electron chi connectivity index (χ4n) is 3.39. The maximum atomic E-state index is 12.7. The predicted molar refractivity (Wildman–Crippen MR) is 113 cm³/mol. The van der Waals surface area contributed by atoms with Crippen LogP contribution in [0, 0.1) is 5.92 Å². The lowest BCUT2D eigenvalue weighted by atomic mass is 9.87. The molecule has 0 saturated heterocycles. The molecule has 0 aliphatic heterocycles. The average Bonchev–Trinajstić information content (AvgIpc) is 2.65. The second kappa shape index (κ2) is 11.1. The number of hydrogen-bond donors (Lipinski definition) is 0. The lowest BCUT2D eigenvalue weighted by molar-refractivity contribution is 0.0141. The molecule has 0 amide bonds. The average molecular weight is 468 g/mol. The van der Waals surface area contributed by atoms with E-state index >= 15 is 0 Å². The largest absolute Gasteiger partial charge is 0.378 e. The summed E-state index contributed by atoms with van der Waals surface area (Å²) in [6, 6.07) is 6.22. The number of benzene rings is 1. The van der Waals surface area contributed by atoms with Crippen molar-refractivity contribution in [3.8, 4) is 0 Å². The topological polar surface area (TPSA) is 90.0 Å². The summed E-state index contributed by atoms with van der Waals surface area (Å²) >= 11 is 5.84. The molecule has 0 aromatic heterocycles. The molecule has 1 aromatic rings. The number of unbranched alkanes of at least 4 members (excludes halogenated alkanes) is 1. The predicted octanol–water partition coefficient (Wildman–Crippen LogP) is 3.29. The number of hydrogen-bond acceptors (Lipinski definition) is 6. The summed E-state index contributed by atoms with van der Waals surface area (Å²) < 4.78 is 59.1. The summed E-state index contributed by atoms with van der Waals surface area (Å²) in [5.41, 5.74) is 0. The highest BCUT2D eigenvalue weighted by molar-refractivity contribution is 7.89. The quantitative estimate of drug-likeness (QED) is 0.366. The van der Waals surface area contributed by atoms with Crippen LogP contribution in [0.2, 0.25) is 5.02 Å². The Labute approximate surface area is 179 Å². The third-order valence-corrected chi connectivity index (χ3v) is 7.70. The Morgan fingerprint density at radius 3 is 2.17 bits per heavy atom. The first kappa shape index (κ1) is 24.6. The van der Waals surface area contributed by atoms with Crippen molar-refractivity contribution in [1.29, 1.82) is 0 Å². The van der Waals surface area contributed by atoms with Gasteiger partial charge >= 0.3 is 0 Å². The molecule has 0 spiro atoms. The zero-order valence-electron chi connectivity index (χ0n) is 16.9. The lowest BCUT2D eigenvalue weighted by Crippen LogP contribution is -2.34. The Morgan fingerprint density at radius 2 is 1.59 bits per heavy atom. The molecule has 7 nitrogen and oxygen atoms in total. The number of halogens is 1. The van der Waals surface area contributed by atoms with Crippen LogP contribution in [0.15, 0.2) is 29.2 Å². The molecule has 1 fully saturated rings. The van der Waals surface area contributed by atoms with Crippen molar-refractivity contribution >= 4 is 31.7 Å². The molecule has 1 aliphatic rings. The molecule has 0 atom stereocenters. The van der Waals surface area contributed by atoms with E-state index in [9.17, 15) is 16.8 Å². The van der Waals surface area contributed by atoms with Crippen LogP contribution in [0.5, 0.6) is 0 Å². The minimum absolute atomic E-state index is 0.181. The number of nitrogens with zero attached hydrogens (tertiary/aromatic N) is 1. The van der Waals surface area contributed by atoms with Crippen LogP contribution >= 0.6 is 11.6 Å². The van der Waals surface area contributed by atoms with E-state index in [0.29, 0.717) is 30.5 Å². The van der Waals surface area contributed by atoms with Gasteiger partial charge in [-0.15, -0.1) is 0 Å². The molecule has 1 saturated carbocycles. The third kappa shape index (κ3) is 8.51. The van der Waals surface area contributed by atoms with E-state index in [0.717, 1.165) is 38.4 Å². The standard InChI is InChI=1S/C19H30ClNO6S2/c1-21(29(24,25)19-11-7-17(20)8-12-19)15-16-5-9-18(10-6-16)26-13-3-4-14-27-28(2,22)23/h7-8,11-12,16,18H,3-6,9-10,13-15H2,1-2H3/t16-,18+. The van der Waals surface area contributed by atoms with Crippen molar-refractivity contribution in [2.45, 2.75) is 49.5 Å². The van der Waals surface area contributed by atoms with Gasteiger partial charge in [0.05, 0.1) is 23.9 Å². The normalized spacial score (nSPS) is 20.8. The number of sulfonamides is 1. The van der Waals surface area contributed by atoms with Gasteiger partial charge in [-0.2, -0.15) is 8.42 Å². The summed E-state index contributed by atoms with van der Waals surface area (Å²) in [6.07, 6.45) is 6.25. The van der Waals surface area contributed by atoms with Gasteiger partial charge in [0.1, 0.15) is 0 Å². The van der Waals surface area contributed by atoms with Crippen LogP contribution in [0.3, 0.4) is 0 Å². The van der Waals surface area contributed by atoms with Crippen molar-refractivity contribution in [2.24, 2.45) is 5.92 Å². The van der Waals surface area contributed by atoms with Crippen molar-refractivity contribution in [3.63, 3.8) is 0 Å². The van der Waals surface area contributed by atoms with E-state index in [4.69, 9.17) is 20.5 Å². The van der Waals surface area contributed by atoms with E-state index in [1.807, 2.05) is 0 Å². The van der Waals surface area contributed by atoms with Gasteiger partial charge in [-0.1, -0.05) is 11.6 Å². The molecule has 0 heterocycles. The van der Waals surface area contributed by atoms with E-state index in [2.05, 4.69) is 0 Å². The van der Waals surface area contributed by atoms with Crippen LogP contribution < -0.4 is 0 Å². The maximum absolute atomic E-state index is 12.7. The molecule has 1 aromatic carbocycles. The molecule has 166 valence electrons. The van der Waals surface area contributed by atoms with Crippen molar-refractivity contribution in [3.05, 3.63) is 29.3 Å². The minimum Gasteiger partial charge on any atom is -0.378 e. The molecule has 0 bridgehead atoms. The van der Waals surface area contributed by atoms with Gasteiger partial charge in [-0.05, 0) is 68.7 Å². The Kier molecular flexibility index (Phi) is 9.37. The van der Waals surface area contributed by atoms with Gasteiger partial charge in [-0.25, -0.2) is 12.7 Å². The summed E-state index contributed by atoms with van der Waals surface area (Å²) in [5.74, 6) is 0.310. The molecular formula is C19H30ClNO6S2. The Balaban J connectivity index is 1.68. The van der Waals surface area contributed by atoms with Crippen LogP contribution in [0.25, 0.3) is 0 Å². The zero-order valence-corrected chi connectivity index (χ0v) is 19.3. The number of rotatable bonds is 11. The zero-order chi connectivity index (χ0) is 21.5. The molecule has 0 unspecified atom stereocenters. The highest BCUT2D eigenvalue weighted by Crippen LogP contribution is 2.28. The maximum Gasteiger partial charge on any atom is 0.264 e. The first-order valence-electron chi connectivity index (χ1n) is 9.76. The Morgan fingerprint density at radius 1 is 1.00 bits per heavy atom. The first-order chi connectivity index (χ1) is 13.6. The molecule has 0 N–H and O–H groups in total. The summed E-state index contributed by atoms with van der Waals surface area (Å²) in [7, 11) is -5.27. The van der Waals surface area contributed by atoms with Gasteiger partial charge in [0.15, 0.2) is 0 Å². The van der Waals surface area contributed by atoms with Gasteiger partial charge in [0, 0.05) is 25.2 Å². The molecule has 0 radical (unpaired) electrons. The van der Waals surface area contributed by atoms with Gasteiger partial charge in [0.2, 0.25) is 10.0 Å². The highest BCUT2D eigenvalue weighted by atomic mass is 35.5. The van der Waals surface area contributed by atoms with E-state index < -0.39 is 20.1 Å². The van der Waals surface area contributed by atoms with Crippen LogP contribution in [-0.4, -0.2) is 60.3 Å². The van der Waals surface area contributed by atoms with Gasteiger partial charge in [-0.3, -0.25) is 4.18 Å². The van der Waals surface area contributed by atoms with E-state index in [1.165, 1.54) is 16.4 Å². The lowest BCUT2D eigenvalue weighted by Gasteiger charge is -2.31. The molecule has 10 heteroatoms. The fourth-order valence-corrected chi connectivity index (χ4v) is 5.19. The second-order valence-electron chi connectivity index (χ2n) is 7.49. The third-order valence-electron chi connectivity index (χ3n) is 5.02. The number of ether oxygens (including phenoxy) is 1. The van der Waals surface area contributed by atoms with Crippen molar-refractivity contribution in [2.75, 3.05) is 33.1 Å². The molecule has 1 aliphatic carbocycles. The van der Waals surface area contributed by atoms with Crippen LogP contribution in [0.1, 0.15) is 38.5 Å². The summed E-state index contributed by atoms with van der Waals surface area (Å²) in [6.45, 7) is 1.25. The summed E-state index contributed by atoms with van der Waals surface area (Å²) in [5, 5.41) is 0.507. The first-order valence-corrected chi connectivity index (χ1v) is 13.4. The van der Waals surface area contributed by atoms with Gasteiger partial charge < -0.3 is 4.74 Å². The molecule has 29 heavy (non-hydrogen) atoms. The fraction of sp³-hybridized carbons (Fsp3) is 0.684. The molecular weight excluding hydrogens is 438 g/mol. The van der Waals surface area contributed by atoms with Gasteiger partial charge in [0.25, 0.3) is 10.1 Å². The highest BCUT2D eigenvalue weighted by Gasteiger charge is 2.27. The SMILES string of the molecule is CN(C[C@H]1CC[C@@H](OCCCCOS(C)(=O)=O)CC1)S(=O)(=O)c1ccc(Cl)cc1.